The number of nitrogens with one attached hydrogen (secondary N) is 1. The second-order valence-electron chi connectivity index (χ2n) is 6.43. The van der Waals surface area contributed by atoms with Crippen LogP contribution >= 0.6 is 24.0 Å². The first-order valence-electron chi connectivity index (χ1n) is 9.50. The van der Waals surface area contributed by atoms with Crippen LogP contribution < -0.4 is 5.32 Å². The van der Waals surface area contributed by atoms with E-state index in [4.69, 9.17) is 14.5 Å². The van der Waals surface area contributed by atoms with Gasteiger partial charge in [0.05, 0.1) is 26.4 Å². The van der Waals surface area contributed by atoms with Crippen LogP contribution in [0.4, 0.5) is 0 Å². The average Bonchev–Trinajstić information content (AvgIpc) is 3.05. The molecule has 0 aromatic rings. The highest BCUT2D eigenvalue weighted by atomic mass is 127. The zero-order valence-corrected chi connectivity index (χ0v) is 19.1. The van der Waals surface area contributed by atoms with Crippen molar-refractivity contribution in [3.63, 3.8) is 0 Å². The van der Waals surface area contributed by atoms with Crippen LogP contribution in [0.1, 0.15) is 34.1 Å². The fourth-order valence-corrected chi connectivity index (χ4v) is 3.16. The molecular weight excluding hydrogens is 431 g/mol. The van der Waals surface area contributed by atoms with E-state index in [1.54, 1.807) is 7.11 Å². The zero-order valence-electron chi connectivity index (χ0n) is 16.8. The molecular formula is C18H39IN4O2. The number of aliphatic imine (C=N–C) groups is 1. The van der Waals surface area contributed by atoms with Gasteiger partial charge < -0.3 is 19.7 Å². The molecule has 1 fully saturated rings. The highest BCUT2D eigenvalue weighted by molar-refractivity contribution is 14.0. The summed E-state index contributed by atoms with van der Waals surface area (Å²) < 4.78 is 10.7. The van der Waals surface area contributed by atoms with Gasteiger partial charge in [0.1, 0.15) is 0 Å². The van der Waals surface area contributed by atoms with E-state index < -0.39 is 0 Å². The van der Waals surface area contributed by atoms with Gasteiger partial charge in [0.25, 0.3) is 0 Å². The molecule has 25 heavy (non-hydrogen) atoms. The van der Waals surface area contributed by atoms with Gasteiger partial charge in [-0.05, 0) is 33.4 Å². The minimum atomic E-state index is 0. The normalized spacial score (nSPS) is 19.2. The molecule has 150 valence electrons. The first kappa shape index (κ1) is 24.9. The highest BCUT2D eigenvalue weighted by Gasteiger charge is 2.25. The third kappa shape index (κ3) is 9.40. The second kappa shape index (κ2) is 15.0. The average molecular weight is 470 g/mol. The molecule has 0 bridgehead atoms. The van der Waals surface area contributed by atoms with E-state index in [1.807, 2.05) is 0 Å². The first-order chi connectivity index (χ1) is 11.7. The first-order valence-corrected chi connectivity index (χ1v) is 9.50. The van der Waals surface area contributed by atoms with Crippen molar-refractivity contribution in [1.82, 2.24) is 15.1 Å². The molecule has 0 spiro atoms. The van der Waals surface area contributed by atoms with Gasteiger partial charge in [-0.25, -0.2) is 0 Å². The summed E-state index contributed by atoms with van der Waals surface area (Å²) in [6.45, 7) is 17.0. The van der Waals surface area contributed by atoms with Crippen LogP contribution in [-0.4, -0.2) is 88.0 Å². The van der Waals surface area contributed by atoms with Crippen molar-refractivity contribution in [2.45, 2.75) is 40.2 Å². The van der Waals surface area contributed by atoms with Crippen molar-refractivity contribution < 1.29 is 9.47 Å². The van der Waals surface area contributed by atoms with Crippen LogP contribution in [-0.2, 0) is 9.47 Å². The van der Waals surface area contributed by atoms with E-state index in [-0.39, 0.29) is 24.0 Å². The van der Waals surface area contributed by atoms with Gasteiger partial charge in [-0.1, -0.05) is 13.8 Å². The summed E-state index contributed by atoms with van der Waals surface area (Å²) >= 11 is 0. The molecule has 0 amide bonds. The summed E-state index contributed by atoms with van der Waals surface area (Å²) in [6.07, 6.45) is 1.17. The smallest absolute Gasteiger partial charge is 0.193 e. The van der Waals surface area contributed by atoms with Crippen molar-refractivity contribution in [3.05, 3.63) is 0 Å². The molecule has 1 aliphatic rings. The molecule has 1 aliphatic heterocycles. The van der Waals surface area contributed by atoms with E-state index in [1.165, 1.54) is 6.42 Å². The molecule has 0 aliphatic carbocycles. The quantitative estimate of drug-likeness (QED) is 0.217. The number of nitrogens with zero attached hydrogens (tertiary/aromatic N) is 3. The Morgan fingerprint density at radius 1 is 1.28 bits per heavy atom. The van der Waals surface area contributed by atoms with Crippen molar-refractivity contribution >= 4 is 29.9 Å². The summed E-state index contributed by atoms with van der Waals surface area (Å²) in [6, 6.07) is 0.476. The number of rotatable bonds is 11. The Labute approximate surface area is 171 Å². The minimum absolute atomic E-state index is 0. The zero-order chi connectivity index (χ0) is 17.8. The molecule has 0 saturated carbocycles. The lowest BCUT2D eigenvalue weighted by Crippen LogP contribution is -2.42. The van der Waals surface area contributed by atoms with Crippen LogP contribution in [0.3, 0.4) is 0 Å². The Morgan fingerprint density at radius 3 is 2.60 bits per heavy atom. The molecule has 1 N–H and O–H groups in total. The SMILES string of the molecule is CCNC(=NCC(C)N(CC)CC)N1CCC(COCCOC)C1.I. The summed E-state index contributed by atoms with van der Waals surface area (Å²) in [5, 5.41) is 3.45. The molecule has 1 heterocycles. The Kier molecular flexibility index (Phi) is 14.9. The summed E-state index contributed by atoms with van der Waals surface area (Å²) in [7, 11) is 1.71. The largest absolute Gasteiger partial charge is 0.382 e. The molecule has 2 unspecified atom stereocenters. The number of guanidine groups is 1. The lowest BCUT2D eigenvalue weighted by Gasteiger charge is -2.26. The number of likely N-dealkylation sites (tertiary alicyclic amines) is 1. The number of hydrogen-bond acceptors (Lipinski definition) is 4. The number of halogens is 1. The molecule has 6 nitrogen and oxygen atoms in total. The van der Waals surface area contributed by atoms with Crippen LogP contribution in [0, 0.1) is 5.92 Å². The van der Waals surface area contributed by atoms with Crippen molar-refractivity contribution in [2.75, 3.05) is 66.2 Å². The van der Waals surface area contributed by atoms with E-state index in [0.29, 0.717) is 25.2 Å². The van der Waals surface area contributed by atoms with Crippen LogP contribution in [0.5, 0.6) is 0 Å². The van der Waals surface area contributed by atoms with Crippen molar-refractivity contribution in [3.8, 4) is 0 Å². The molecule has 0 aromatic heterocycles. The van der Waals surface area contributed by atoms with Gasteiger partial charge in [-0.3, -0.25) is 9.89 Å². The molecule has 2 atom stereocenters. The maximum Gasteiger partial charge on any atom is 0.193 e. The van der Waals surface area contributed by atoms with Gasteiger partial charge in [-0.15, -0.1) is 24.0 Å². The third-order valence-corrected chi connectivity index (χ3v) is 4.65. The lowest BCUT2D eigenvalue weighted by atomic mass is 10.1. The number of ether oxygens (including phenoxy) is 2. The Hall–Kier alpha value is -0.120. The molecule has 1 saturated heterocycles. The Bertz CT molecular complexity index is 354. The minimum Gasteiger partial charge on any atom is -0.382 e. The molecule has 0 aromatic carbocycles. The standard InChI is InChI=1S/C18H38N4O2.HI/c1-6-19-18(20-13-16(4)21(7-2)8-3)22-10-9-17(14-22)15-24-12-11-23-5;/h16-17H,6-15H2,1-5H3,(H,19,20);1H. The topological polar surface area (TPSA) is 49.3 Å². The molecule has 7 heteroatoms. The highest BCUT2D eigenvalue weighted by Crippen LogP contribution is 2.16. The number of hydrogen-bond donors (Lipinski definition) is 1. The predicted octanol–water partition coefficient (Wildman–Crippen LogP) is 2.29. The summed E-state index contributed by atoms with van der Waals surface area (Å²) in [5.41, 5.74) is 0. The van der Waals surface area contributed by atoms with Gasteiger partial charge in [0.2, 0.25) is 0 Å². The predicted molar refractivity (Wildman–Crippen MR) is 116 cm³/mol. The molecule has 0 radical (unpaired) electrons. The Balaban J connectivity index is 0.00000576. The Morgan fingerprint density at radius 2 is 2.00 bits per heavy atom. The number of methoxy groups -OCH3 is 1. The number of likely N-dealkylation sites (N-methyl/N-ethyl adjacent to an activating group) is 1. The maximum absolute atomic E-state index is 5.69. The van der Waals surface area contributed by atoms with Gasteiger partial charge >= 0.3 is 0 Å². The maximum atomic E-state index is 5.69. The second-order valence-corrected chi connectivity index (χ2v) is 6.43. The van der Waals surface area contributed by atoms with Crippen molar-refractivity contribution in [1.29, 1.82) is 0 Å². The fourth-order valence-electron chi connectivity index (χ4n) is 3.16. The van der Waals surface area contributed by atoms with E-state index in [0.717, 1.165) is 51.8 Å². The lowest BCUT2D eigenvalue weighted by molar-refractivity contribution is 0.0536. The van der Waals surface area contributed by atoms with E-state index in [9.17, 15) is 0 Å². The van der Waals surface area contributed by atoms with Crippen LogP contribution in [0.25, 0.3) is 0 Å². The van der Waals surface area contributed by atoms with Crippen molar-refractivity contribution in [2.24, 2.45) is 10.9 Å². The van der Waals surface area contributed by atoms with Gasteiger partial charge in [0, 0.05) is 38.7 Å². The van der Waals surface area contributed by atoms with Crippen LogP contribution in [0.15, 0.2) is 4.99 Å². The summed E-state index contributed by atoms with van der Waals surface area (Å²) in [4.78, 5) is 9.71. The molecule has 1 rings (SSSR count). The van der Waals surface area contributed by atoms with Gasteiger partial charge in [-0.2, -0.15) is 0 Å². The monoisotopic (exact) mass is 470 g/mol. The summed E-state index contributed by atoms with van der Waals surface area (Å²) in [5.74, 6) is 1.64. The van der Waals surface area contributed by atoms with E-state index >= 15 is 0 Å². The van der Waals surface area contributed by atoms with Gasteiger partial charge in [0.15, 0.2) is 5.96 Å². The van der Waals surface area contributed by atoms with E-state index in [2.05, 4.69) is 42.8 Å². The third-order valence-electron chi connectivity index (χ3n) is 4.65. The fraction of sp³-hybridized carbons (Fsp3) is 0.944. The van der Waals surface area contributed by atoms with Crippen LogP contribution in [0.2, 0.25) is 0 Å².